The average Bonchev–Trinajstić information content (AvgIpc) is 2.89. The molecule has 0 N–H and O–H groups in total. The average molecular weight is 336 g/mol. The monoisotopic (exact) mass is 335 g/mol. The van der Waals surface area contributed by atoms with E-state index in [9.17, 15) is 9.59 Å². The van der Waals surface area contributed by atoms with Gasteiger partial charge in [-0.05, 0) is 46.6 Å². The number of hydrogen-bond acceptors (Lipinski definition) is 3. The molecule has 0 aliphatic carbocycles. The van der Waals surface area contributed by atoms with Crippen molar-refractivity contribution < 1.29 is 9.59 Å². The Morgan fingerprint density at radius 3 is 2.68 bits per heavy atom. The van der Waals surface area contributed by atoms with Crippen LogP contribution in [0.1, 0.15) is 20.8 Å². The van der Waals surface area contributed by atoms with E-state index in [-0.39, 0.29) is 0 Å². The topological polar surface area (TPSA) is 37.4 Å². The second kappa shape index (κ2) is 4.58. The Kier molecular flexibility index (Phi) is 3.03. The van der Waals surface area contributed by atoms with E-state index in [0.717, 1.165) is 19.9 Å². The second-order valence-electron chi connectivity index (χ2n) is 4.40. The van der Waals surface area contributed by atoms with Gasteiger partial charge in [0.05, 0.1) is 21.6 Å². The Morgan fingerprint density at radius 1 is 1.21 bits per heavy atom. The highest BCUT2D eigenvalue weighted by Crippen LogP contribution is 2.34. The number of nitrogens with zero attached hydrogens (tertiary/aromatic N) is 1. The molecular weight excluding hydrogens is 326 g/mol. The molecule has 3 nitrogen and oxygen atoms in total. The lowest BCUT2D eigenvalue weighted by Gasteiger charge is -2.17. The van der Waals surface area contributed by atoms with E-state index in [0.29, 0.717) is 12.1 Å². The molecule has 1 aromatic heterocycles. The van der Waals surface area contributed by atoms with Gasteiger partial charge >= 0.3 is 0 Å². The summed E-state index contributed by atoms with van der Waals surface area (Å²) < 4.78 is 1.02. The number of aryl methyl sites for hydroxylation is 1. The van der Waals surface area contributed by atoms with Gasteiger partial charge in [0.15, 0.2) is 0 Å². The van der Waals surface area contributed by atoms with Crippen LogP contribution in [0.4, 0.5) is 5.69 Å². The zero-order chi connectivity index (χ0) is 13.6. The Morgan fingerprint density at radius 2 is 2.00 bits per heavy atom. The highest BCUT2D eigenvalue weighted by molar-refractivity contribution is 9.11. The molecule has 0 saturated carbocycles. The van der Waals surface area contributed by atoms with Crippen molar-refractivity contribution in [1.29, 1.82) is 0 Å². The summed E-state index contributed by atoms with van der Waals surface area (Å²) in [7, 11) is 0. The lowest BCUT2D eigenvalue weighted by atomic mass is 10.1. The quantitative estimate of drug-likeness (QED) is 0.787. The second-order valence-corrected chi connectivity index (χ2v) is 6.94. The van der Waals surface area contributed by atoms with Crippen LogP contribution in [0.2, 0.25) is 0 Å². The Bertz CT molecular complexity index is 693. The zero-order valence-corrected chi connectivity index (χ0v) is 12.5. The van der Waals surface area contributed by atoms with Crippen molar-refractivity contribution >= 4 is 44.6 Å². The van der Waals surface area contributed by atoms with Crippen molar-refractivity contribution in [1.82, 2.24) is 0 Å². The molecule has 0 radical (unpaired) electrons. The summed E-state index contributed by atoms with van der Waals surface area (Å²) in [5.74, 6) is -0.844. The van der Waals surface area contributed by atoms with E-state index in [1.165, 1.54) is 0 Å². The van der Waals surface area contributed by atoms with E-state index in [1.807, 2.05) is 31.2 Å². The number of amides is 1. The molecule has 96 valence electrons. The Labute approximate surface area is 123 Å². The fourth-order valence-corrected chi connectivity index (χ4v) is 3.76. The highest BCUT2D eigenvalue weighted by Gasteiger charge is 2.36. The van der Waals surface area contributed by atoms with Crippen molar-refractivity contribution in [3.05, 3.63) is 50.1 Å². The molecule has 0 saturated heterocycles. The standard InChI is InChI=1S/C14H10BrNO2S/c1-8-3-2-4-10-12(8)16(14(18)13(10)17)7-9-5-6-11(15)19-9/h2-6H,7H2,1H3. The molecule has 2 heterocycles. The maximum atomic E-state index is 12.1. The largest absolute Gasteiger partial charge is 0.299 e. The van der Waals surface area contributed by atoms with Gasteiger partial charge in [-0.2, -0.15) is 0 Å². The Hall–Kier alpha value is -1.46. The van der Waals surface area contributed by atoms with E-state index in [1.54, 1.807) is 22.3 Å². The van der Waals surface area contributed by atoms with Gasteiger partial charge < -0.3 is 0 Å². The summed E-state index contributed by atoms with van der Waals surface area (Å²) in [6, 6.07) is 9.35. The number of carbonyl (C=O) groups excluding carboxylic acids is 2. The lowest BCUT2D eigenvalue weighted by molar-refractivity contribution is -0.114. The van der Waals surface area contributed by atoms with Crippen LogP contribution >= 0.6 is 27.3 Å². The molecule has 0 fully saturated rings. The first-order chi connectivity index (χ1) is 9.08. The van der Waals surface area contributed by atoms with Crippen LogP contribution in [0.5, 0.6) is 0 Å². The number of ketones is 1. The third kappa shape index (κ3) is 2.03. The predicted molar refractivity (Wildman–Crippen MR) is 78.7 cm³/mol. The fourth-order valence-electron chi connectivity index (χ4n) is 2.28. The molecule has 1 aliphatic rings. The summed E-state index contributed by atoms with van der Waals surface area (Å²) in [6.45, 7) is 2.36. The summed E-state index contributed by atoms with van der Waals surface area (Å²) in [5, 5.41) is 0. The van der Waals surface area contributed by atoms with Crippen LogP contribution in [0.25, 0.3) is 0 Å². The van der Waals surface area contributed by atoms with Crippen LogP contribution in [0.15, 0.2) is 34.1 Å². The fraction of sp³-hybridized carbons (Fsp3) is 0.143. The van der Waals surface area contributed by atoms with Crippen LogP contribution in [0.3, 0.4) is 0 Å². The van der Waals surface area contributed by atoms with Crippen LogP contribution in [-0.2, 0) is 11.3 Å². The van der Waals surface area contributed by atoms with Gasteiger partial charge in [0.1, 0.15) is 0 Å². The van der Waals surface area contributed by atoms with Gasteiger partial charge in [0.25, 0.3) is 11.7 Å². The number of rotatable bonds is 2. The third-order valence-electron chi connectivity index (χ3n) is 3.13. The molecule has 0 atom stereocenters. The molecule has 1 aliphatic heterocycles. The van der Waals surface area contributed by atoms with Gasteiger partial charge in [-0.15, -0.1) is 11.3 Å². The minimum Gasteiger partial charge on any atom is -0.299 e. The van der Waals surface area contributed by atoms with Gasteiger partial charge in [-0.25, -0.2) is 0 Å². The summed E-state index contributed by atoms with van der Waals surface area (Å²) in [6.07, 6.45) is 0. The molecule has 2 aromatic rings. The first kappa shape index (κ1) is 12.6. The number of carbonyl (C=O) groups is 2. The zero-order valence-electron chi connectivity index (χ0n) is 10.1. The molecule has 0 spiro atoms. The van der Waals surface area contributed by atoms with Gasteiger partial charge in [-0.3, -0.25) is 14.5 Å². The summed E-state index contributed by atoms with van der Waals surface area (Å²) in [4.78, 5) is 26.7. The molecule has 1 amide bonds. The van der Waals surface area contributed by atoms with Gasteiger partial charge in [0.2, 0.25) is 0 Å². The molecule has 3 rings (SSSR count). The number of Topliss-reactive ketones (excluding diaryl/α,β-unsaturated/α-hetero) is 1. The SMILES string of the molecule is Cc1cccc2c1N(Cc1ccc(Br)s1)C(=O)C2=O. The number of para-hydroxylation sites is 1. The van der Waals surface area contributed by atoms with Crippen molar-refractivity contribution in [3.8, 4) is 0 Å². The van der Waals surface area contributed by atoms with Crippen molar-refractivity contribution in [3.63, 3.8) is 0 Å². The Balaban J connectivity index is 2.04. The number of fused-ring (bicyclic) bond motifs is 1. The van der Waals surface area contributed by atoms with Crippen molar-refractivity contribution in [2.45, 2.75) is 13.5 Å². The first-order valence-corrected chi connectivity index (χ1v) is 7.39. The lowest BCUT2D eigenvalue weighted by Crippen LogP contribution is -2.29. The van der Waals surface area contributed by atoms with Gasteiger partial charge in [-0.1, -0.05) is 12.1 Å². The molecule has 19 heavy (non-hydrogen) atoms. The van der Waals surface area contributed by atoms with Crippen LogP contribution in [-0.4, -0.2) is 11.7 Å². The highest BCUT2D eigenvalue weighted by atomic mass is 79.9. The minimum absolute atomic E-state index is 0.408. The number of thiophene rings is 1. The molecule has 0 unspecified atom stereocenters. The van der Waals surface area contributed by atoms with E-state index in [4.69, 9.17) is 0 Å². The third-order valence-corrected chi connectivity index (χ3v) is 4.74. The molecule has 1 aromatic carbocycles. The van der Waals surface area contributed by atoms with Crippen LogP contribution in [0, 0.1) is 6.92 Å². The number of benzene rings is 1. The maximum absolute atomic E-state index is 12.1. The first-order valence-electron chi connectivity index (χ1n) is 5.78. The number of anilines is 1. The van der Waals surface area contributed by atoms with Crippen molar-refractivity contribution in [2.75, 3.05) is 4.90 Å². The number of hydrogen-bond donors (Lipinski definition) is 0. The predicted octanol–water partition coefficient (Wildman–Crippen LogP) is 3.55. The smallest absolute Gasteiger partial charge is 0.299 e. The molecular formula is C14H10BrNO2S. The molecule has 5 heteroatoms. The summed E-state index contributed by atoms with van der Waals surface area (Å²) >= 11 is 4.97. The minimum atomic E-state index is -0.436. The normalized spacial score (nSPS) is 14.1. The molecule has 0 bridgehead atoms. The van der Waals surface area contributed by atoms with Crippen LogP contribution < -0.4 is 4.90 Å². The van der Waals surface area contributed by atoms with Gasteiger partial charge in [0, 0.05) is 4.88 Å². The van der Waals surface area contributed by atoms with E-state index >= 15 is 0 Å². The van der Waals surface area contributed by atoms with Crippen molar-refractivity contribution in [2.24, 2.45) is 0 Å². The van der Waals surface area contributed by atoms with E-state index < -0.39 is 11.7 Å². The summed E-state index contributed by atoms with van der Waals surface area (Å²) in [5.41, 5.74) is 2.22. The maximum Gasteiger partial charge on any atom is 0.299 e. The van der Waals surface area contributed by atoms with E-state index in [2.05, 4.69) is 15.9 Å². The number of halogens is 1.